The molecule has 2 aromatic rings. The van der Waals surface area contributed by atoms with Crippen LogP contribution in [0.25, 0.3) is 0 Å². The number of anilines is 2. The van der Waals surface area contributed by atoms with Gasteiger partial charge < -0.3 is 9.13 Å². The standard InChI is InChI=1S/C16H20N2Si/c1-19(2)17(15-9-5-3-6-10-15)13-14-18(19)16-11-7-4-8-12-16/h3-12H,13-14H2,1-2H3. The predicted molar refractivity (Wildman–Crippen MR) is 85.1 cm³/mol. The summed E-state index contributed by atoms with van der Waals surface area (Å²) >= 11 is 0. The van der Waals surface area contributed by atoms with Gasteiger partial charge in [-0.25, -0.2) is 0 Å². The number of hydrogen-bond acceptors (Lipinski definition) is 2. The molecule has 1 saturated heterocycles. The highest BCUT2D eigenvalue weighted by Crippen LogP contribution is 2.32. The van der Waals surface area contributed by atoms with Crippen LogP contribution in [0.15, 0.2) is 60.7 Å². The molecule has 0 amide bonds. The molecule has 0 unspecified atom stereocenters. The first-order valence-electron chi connectivity index (χ1n) is 6.85. The molecule has 3 rings (SSSR count). The highest BCUT2D eigenvalue weighted by Gasteiger charge is 2.42. The van der Waals surface area contributed by atoms with Crippen LogP contribution in [0.2, 0.25) is 13.1 Å². The smallest absolute Gasteiger partial charge is 0.258 e. The van der Waals surface area contributed by atoms with E-state index in [9.17, 15) is 0 Å². The van der Waals surface area contributed by atoms with Gasteiger partial charge in [0.05, 0.1) is 0 Å². The first kappa shape index (κ1) is 12.3. The van der Waals surface area contributed by atoms with Crippen LogP contribution in [-0.2, 0) is 0 Å². The molecule has 0 aliphatic carbocycles. The molecule has 0 spiro atoms. The van der Waals surface area contributed by atoms with Gasteiger partial charge in [-0.15, -0.1) is 0 Å². The quantitative estimate of drug-likeness (QED) is 0.766. The van der Waals surface area contributed by atoms with E-state index in [1.807, 2.05) is 0 Å². The molecule has 0 aromatic heterocycles. The predicted octanol–water partition coefficient (Wildman–Crippen LogP) is 3.72. The van der Waals surface area contributed by atoms with E-state index < -0.39 is 8.40 Å². The molecule has 19 heavy (non-hydrogen) atoms. The van der Waals surface area contributed by atoms with Gasteiger partial charge in [-0.2, -0.15) is 0 Å². The van der Waals surface area contributed by atoms with Crippen LogP contribution in [0.4, 0.5) is 11.4 Å². The SMILES string of the molecule is C[Si]1(C)N(c2ccccc2)CCN1c1ccccc1. The summed E-state index contributed by atoms with van der Waals surface area (Å²) in [5.41, 5.74) is 2.72. The Hall–Kier alpha value is -1.74. The summed E-state index contributed by atoms with van der Waals surface area (Å²) in [6, 6.07) is 21.6. The molecule has 1 heterocycles. The second kappa shape index (κ2) is 4.74. The van der Waals surface area contributed by atoms with Crippen LogP contribution in [-0.4, -0.2) is 21.5 Å². The fourth-order valence-corrected chi connectivity index (χ4v) is 6.15. The lowest BCUT2D eigenvalue weighted by Gasteiger charge is -2.37. The number of rotatable bonds is 2. The number of hydrogen-bond donors (Lipinski definition) is 0. The van der Waals surface area contributed by atoms with Gasteiger partial charge in [-0.05, 0) is 37.4 Å². The largest absolute Gasteiger partial charge is 0.379 e. The molecule has 1 fully saturated rings. The summed E-state index contributed by atoms with van der Waals surface area (Å²) < 4.78 is 5.22. The van der Waals surface area contributed by atoms with Gasteiger partial charge in [0.2, 0.25) is 0 Å². The first-order valence-corrected chi connectivity index (χ1v) is 9.74. The third-order valence-corrected chi connectivity index (χ3v) is 7.61. The second-order valence-corrected chi connectivity index (χ2v) is 9.54. The van der Waals surface area contributed by atoms with Gasteiger partial charge >= 0.3 is 0 Å². The fourth-order valence-electron chi connectivity index (χ4n) is 3.00. The average molecular weight is 268 g/mol. The average Bonchev–Trinajstić information content (AvgIpc) is 2.76. The maximum absolute atomic E-state index is 2.61. The zero-order valence-electron chi connectivity index (χ0n) is 11.6. The highest BCUT2D eigenvalue weighted by molar-refractivity contribution is 6.85. The van der Waals surface area contributed by atoms with E-state index in [1.165, 1.54) is 11.4 Å². The van der Waals surface area contributed by atoms with E-state index in [0.717, 1.165) is 13.1 Å². The zero-order valence-corrected chi connectivity index (χ0v) is 12.6. The van der Waals surface area contributed by atoms with Crippen molar-refractivity contribution < 1.29 is 0 Å². The third kappa shape index (κ3) is 2.14. The molecular weight excluding hydrogens is 248 g/mol. The van der Waals surface area contributed by atoms with Crippen LogP contribution >= 0.6 is 0 Å². The van der Waals surface area contributed by atoms with Crippen LogP contribution in [0.1, 0.15) is 0 Å². The summed E-state index contributed by atoms with van der Waals surface area (Å²) in [7, 11) is -1.61. The number of para-hydroxylation sites is 2. The van der Waals surface area contributed by atoms with Crippen LogP contribution in [0, 0.1) is 0 Å². The molecule has 0 saturated carbocycles. The Morgan fingerprint density at radius 3 is 1.42 bits per heavy atom. The first-order chi connectivity index (χ1) is 9.19. The molecule has 0 radical (unpaired) electrons. The van der Waals surface area contributed by atoms with E-state index in [1.54, 1.807) is 0 Å². The van der Waals surface area contributed by atoms with Crippen LogP contribution in [0.3, 0.4) is 0 Å². The van der Waals surface area contributed by atoms with Crippen molar-refractivity contribution in [2.45, 2.75) is 13.1 Å². The number of nitrogens with zero attached hydrogens (tertiary/aromatic N) is 2. The molecule has 0 atom stereocenters. The van der Waals surface area contributed by atoms with Crippen molar-refractivity contribution in [3.05, 3.63) is 60.7 Å². The second-order valence-electron chi connectivity index (χ2n) is 5.47. The molecule has 2 nitrogen and oxygen atoms in total. The van der Waals surface area contributed by atoms with Crippen molar-refractivity contribution >= 4 is 19.8 Å². The lowest BCUT2D eigenvalue weighted by Crippen LogP contribution is -2.54. The molecule has 1 aliphatic rings. The van der Waals surface area contributed by atoms with Gasteiger partial charge in [-0.3, -0.25) is 0 Å². The van der Waals surface area contributed by atoms with Crippen molar-refractivity contribution in [2.75, 3.05) is 22.2 Å². The van der Waals surface area contributed by atoms with Crippen molar-refractivity contribution in [1.82, 2.24) is 0 Å². The van der Waals surface area contributed by atoms with Crippen molar-refractivity contribution in [2.24, 2.45) is 0 Å². The number of benzene rings is 2. The minimum absolute atomic E-state index is 1.12. The highest BCUT2D eigenvalue weighted by atomic mass is 28.3. The Bertz CT molecular complexity index is 490. The lowest BCUT2D eigenvalue weighted by molar-refractivity contribution is 1.02. The van der Waals surface area contributed by atoms with Crippen molar-refractivity contribution in [1.29, 1.82) is 0 Å². The molecule has 98 valence electrons. The molecule has 2 aromatic carbocycles. The van der Waals surface area contributed by atoms with Crippen molar-refractivity contribution in [3.63, 3.8) is 0 Å². The normalized spacial score (nSPS) is 17.8. The van der Waals surface area contributed by atoms with E-state index in [2.05, 4.69) is 82.9 Å². The van der Waals surface area contributed by atoms with E-state index in [-0.39, 0.29) is 0 Å². The summed E-state index contributed by atoms with van der Waals surface area (Å²) in [6.45, 7) is 7.11. The Morgan fingerprint density at radius 1 is 0.684 bits per heavy atom. The van der Waals surface area contributed by atoms with Crippen LogP contribution in [0.5, 0.6) is 0 Å². The van der Waals surface area contributed by atoms with E-state index in [4.69, 9.17) is 0 Å². The summed E-state index contributed by atoms with van der Waals surface area (Å²) in [5.74, 6) is 0. The molecule has 3 heteroatoms. The van der Waals surface area contributed by atoms with E-state index >= 15 is 0 Å². The monoisotopic (exact) mass is 268 g/mol. The third-order valence-electron chi connectivity index (χ3n) is 4.00. The van der Waals surface area contributed by atoms with Crippen LogP contribution < -0.4 is 9.13 Å². The minimum atomic E-state index is -1.61. The van der Waals surface area contributed by atoms with Gasteiger partial charge in [0.15, 0.2) is 0 Å². The minimum Gasteiger partial charge on any atom is -0.379 e. The Labute approximate surface area is 116 Å². The topological polar surface area (TPSA) is 6.48 Å². The molecule has 0 N–H and O–H groups in total. The summed E-state index contributed by atoms with van der Waals surface area (Å²) in [5, 5.41) is 0. The molecular formula is C16H20N2Si. The summed E-state index contributed by atoms with van der Waals surface area (Å²) in [6.07, 6.45) is 0. The Kier molecular flexibility index (Phi) is 3.07. The Balaban J connectivity index is 1.92. The van der Waals surface area contributed by atoms with Gasteiger partial charge in [0, 0.05) is 24.5 Å². The van der Waals surface area contributed by atoms with Crippen molar-refractivity contribution in [3.8, 4) is 0 Å². The molecule has 0 bridgehead atoms. The Morgan fingerprint density at radius 2 is 1.05 bits per heavy atom. The fraction of sp³-hybridized carbons (Fsp3) is 0.250. The maximum atomic E-state index is 2.61. The molecule has 1 aliphatic heterocycles. The van der Waals surface area contributed by atoms with Gasteiger partial charge in [0.1, 0.15) is 0 Å². The maximum Gasteiger partial charge on any atom is 0.258 e. The van der Waals surface area contributed by atoms with Gasteiger partial charge in [0.25, 0.3) is 8.40 Å². The van der Waals surface area contributed by atoms with Gasteiger partial charge in [-0.1, -0.05) is 36.4 Å². The zero-order chi connectivity index (χ0) is 13.3. The van der Waals surface area contributed by atoms with E-state index in [0.29, 0.717) is 0 Å². The summed E-state index contributed by atoms with van der Waals surface area (Å²) in [4.78, 5) is 0. The lowest BCUT2D eigenvalue weighted by atomic mass is 10.3.